The number of carbonyl (C=O) groups excluding carboxylic acids is 1. The summed E-state index contributed by atoms with van der Waals surface area (Å²) >= 11 is 0. The van der Waals surface area contributed by atoms with Gasteiger partial charge in [-0.15, -0.1) is 0 Å². The number of benzene rings is 1. The lowest BCUT2D eigenvalue weighted by molar-refractivity contribution is 0.0994. The van der Waals surface area contributed by atoms with E-state index < -0.39 is 11.7 Å². The average Bonchev–Trinajstić information content (AvgIpc) is 2.43. The Kier molecular flexibility index (Phi) is 7.80. The zero-order valence-electron chi connectivity index (χ0n) is 13.1. The van der Waals surface area contributed by atoms with E-state index in [1.807, 2.05) is 0 Å². The maximum Gasteiger partial charge on any atom is 0.252 e. The van der Waals surface area contributed by atoms with Crippen molar-refractivity contribution in [1.82, 2.24) is 0 Å². The Morgan fingerprint density at radius 3 is 2.38 bits per heavy atom. The average molecular weight is 295 g/mol. The first-order valence-electron chi connectivity index (χ1n) is 7.79. The molecule has 0 bridgehead atoms. The van der Waals surface area contributed by atoms with E-state index in [0.29, 0.717) is 12.2 Å². The lowest BCUT2D eigenvalue weighted by Crippen LogP contribution is -2.16. The van der Waals surface area contributed by atoms with Crippen LogP contribution < -0.4 is 10.5 Å². The van der Waals surface area contributed by atoms with Gasteiger partial charge >= 0.3 is 0 Å². The predicted octanol–water partition coefficient (Wildman–Crippen LogP) is 4.36. The van der Waals surface area contributed by atoms with E-state index in [-0.39, 0.29) is 11.3 Å². The molecule has 1 rings (SSSR count). The molecule has 0 unspecified atom stereocenters. The van der Waals surface area contributed by atoms with E-state index in [1.54, 1.807) is 19.1 Å². The summed E-state index contributed by atoms with van der Waals surface area (Å²) in [5, 5.41) is 0. The van der Waals surface area contributed by atoms with Crippen LogP contribution in [0.3, 0.4) is 0 Å². The number of hydrogen-bond donors (Lipinski definition) is 1. The summed E-state index contributed by atoms with van der Waals surface area (Å²) in [4.78, 5) is 11.2. The standard InChI is InChI=1S/C17H26FNO2/c1-3-4-5-6-7-8-9-12-21-14-11-10-13(2)15(16(14)18)17(19)20/h10-11H,3-9,12H2,1-2H3,(H2,19,20). The third-order valence-electron chi connectivity index (χ3n) is 3.57. The van der Waals surface area contributed by atoms with Gasteiger partial charge < -0.3 is 10.5 Å². The molecule has 0 saturated carbocycles. The molecular formula is C17H26FNO2. The minimum absolute atomic E-state index is 0.0768. The number of unbranched alkanes of at least 4 members (excludes halogenated alkanes) is 6. The first-order valence-corrected chi connectivity index (χ1v) is 7.79. The van der Waals surface area contributed by atoms with Gasteiger partial charge in [-0.25, -0.2) is 4.39 Å². The van der Waals surface area contributed by atoms with Crippen molar-refractivity contribution < 1.29 is 13.9 Å². The molecule has 0 heterocycles. The number of ether oxygens (including phenoxy) is 1. The molecule has 1 aromatic carbocycles. The number of rotatable bonds is 10. The molecule has 0 saturated heterocycles. The highest BCUT2D eigenvalue weighted by Crippen LogP contribution is 2.23. The number of hydrogen-bond acceptors (Lipinski definition) is 2. The van der Waals surface area contributed by atoms with Crippen LogP contribution in [0.25, 0.3) is 0 Å². The monoisotopic (exact) mass is 295 g/mol. The van der Waals surface area contributed by atoms with E-state index in [1.165, 1.54) is 32.1 Å². The maximum atomic E-state index is 14.1. The van der Waals surface area contributed by atoms with Crippen molar-refractivity contribution in [2.75, 3.05) is 6.61 Å². The molecule has 2 N–H and O–H groups in total. The quantitative estimate of drug-likeness (QED) is 0.652. The minimum atomic E-state index is -0.758. The summed E-state index contributed by atoms with van der Waals surface area (Å²) in [5.41, 5.74) is 5.64. The van der Waals surface area contributed by atoms with Crippen LogP contribution in [0.5, 0.6) is 5.75 Å². The fourth-order valence-corrected chi connectivity index (χ4v) is 2.31. The first-order chi connectivity index (χ1) is 10.1. The third-order valence-corrected chi connectivity index (χ3v) is 3.57. The molecule has 0 spiro atoms. The first kappa shape index (κ1) is 17.5. The van der Waals surface area contributed by atoms with Crippen molar-refractivity contribution in [3.05, 3.63) is 29.1 Å². The summed E-state index contributed by atoms with van der Waals surface area (Å²) in [6, 6.07) is 3.21. The molecule has 0 radical (unpaired) electrons. The lowest BCUT2D eigenvalue weighted by atomic mass is 10.1. The van der Waals surface area contributed by atoms with Crippen LogP contribution >= 0.6 is 0 Å². The van der Waals surface area contributed by atoms with Gasteiger partial charge in [0.25, 0.3) is 5.91 Å². The van der Waals surface area contributed by atoms with Crippen LogP contribution in [0.1, 0.15) is 67.8 Å². The molecule has 0 aliphatic carbocycles. The van der Waals surface area contributed by atoms with E-state index in [4.69, 9.17) is 10.5 Å². The van der Waals surface area contributed by atoms with Crippen LogP contribution in [-0.4, -0.2) is 12.5 Å². The summed E-state index contributed by atoms with van der Waals surface area (Å²) in [7, 11) is 0. The number of nitrogens with two attached hydrogens (primary N) is 1. The van der Waals surface area contributed by atoms with Gasteiger partial charge in [-0.2, -0.15) is 0 Å². The molecular weight excluding hydrogens is 269 g/mol. The number of aryl methyl sites for hydroxylation is 1. The van der Waals surface area contributed by atoms with Crippen LogP contribution in [0, 0.1) is 12.7 Å². The van der Waals surface area contributed by atoms with Gasteiger partial charge in [0.2, 0.25) is 0 Å². The molecule has 3 nitrogen and oxygen atoms in total. The van der Waals surface area contributed by atoms with Crippen molar-refractivity contribution in [3.8, 4) is 5.75 Å². The Morgan fingerprint density at radius 2 is 1.76 bits per heavy atom. The van der Waals surface area contributed by atoms with E-state index in [2.05, 4.69) is 6.92 Å². The van der Waals surface area contributed by atoms with Crippen molar-refractivity contribution >= 4 is 5.91 Å². The van der Waals surface area contributed by atoms with Crippen LogP contribution in [0.4, 0.5) is 4.39 Å². The van der Waals surface area contributed by atoms with Crippen molar-refractivity contribution in [2.24, 2.45) is 5.73 Å². The summed E-state index contributed by atoms with van der Waals surface area (Å²) in [6.07, 6.45) is 8.24. The molecule has 4 heteroatoms. The van der Waals surface area contributed by atoms with Crippen LogP contribution in [0.15, 0.2) is 12.1 Å². The fourth-order valence-electron chi connectivity index (χ4n) is 2.31. The molecule has 0 aromatic heterocycles. The molecule has 1 amide bonds. The van der Waals surface area contributed by atoms with E-state index in [0.717, 1.165) is 12.8 Å². The summed E-state index contributed by atoms with van der Waals surface area (Å²) < 4.78 is 19.5. The van der Waals surface area contributed by atoms with Crippen molar-refractivity contribution in [3.63, 3.8) is 0 Å². The summed E-state index contributed by atoms with van der Waals surface area (Å²) in [6.45, 7) is 4.32. The molecule has 0 aliphatic rings. The highest BCUT2D eigenvalue weighted by atomic mass is 19.1. The largest absolute Gasteiger partial charge is 0.490 e. The molecule has 21 heavy (non-hydrogen) atoms. The third kappa shape index (κ3) is 5.74. The second kappa shape index (κ2) is 9.37. The van der Waals surface area contributed by atoms with Gasteiger partial charge in [-0.05, 0) is 25.0 Å². The minimum Gasteiger partial charge on any atom is -0.490 e. The Morgan fingerprint density at radius 1 is 1.14 bits per heavy atom. The second-order valence-corrected chi connectivity index (χ2v) is 5.40. The highest BCUT2D eigenvalue weighted by molar-refractivity contribution is 5.95. The van der Waals surface area contributed by atoms with Gasteiger partial charge in [0.1, 0.15) is 0 Å². The van der Waals surface area contributed by atoms with Gasteiger partial charge in [-0.1, -0.05) is 51.5 Å². The van der Waals surface area contributed by atoms with E-state index in [9.17, 15) is 9.18 Å². The zero-order chi connectivity index (χ0) is 15.7. The smallest absolute Gasteiger partial charge is 0.252 e. The maximum absolute atomic E-state index is 14.1. The second-order valence-electron chi connectivity index (χ2n) is 5.40. The lowest BCUT2D eigenvalue weighted by Gasteiger charge is -2.10. The van der Waals surface area contributed by atoms with Gasteiger partial charge in [-0.3, -0.25) is 4.79 Å². The molecule has 0 atom stereocenters. The number of amides is 1. The van der Waals surface area contributed by atoms with Gasteiger partial charge in [0.05, 0.1) is 12.2 Å². The van der Waals surface area contributed by atoms with Gasteiger partial charge in [0.15, 0.2) is 11.6 Å². The topological polar surface area (TPSA) is 52.3 Å². The number of halogens is 1. The van der Waals surface area contributed by atoms with Crippen LogP contribution in [0.2, 0.25) is 0 Å². The molecule has 0 aliphatic heterocycles. The SMILES string of the molecule is CCCCCCCCCOc1ccc(C)c(C(N)=O)c1F. The normalized spacial score (nSPS) is 10.6. The van der Waals surface area contributed by atoms with Gasteiger partial charge in [0, 0.05) is 0 Å². The highest BCUT2D eigenvalue weighted by Gasteiger charge is 2.16. The molecule has 0 fully saturated rings. The Labute approximate surface area is 126 Å². The predicted molar refractivity (Wildman–Crippen MR) is 83.1 cm³/mol. The van der Waals surface area contributed by atoms with E-state index >= 15 is 0 Å². The summed E-state index contributed by atoms with van der Waals surface area (Å²) in [5.74, 6) is -1.29. The zero-order valence-corrected chi connectivity index (χ0v) is 13.1. The number of carbonyl (C=O) groups is 1. The Balaban J connectivity index is 2.36. The number of primary amides is 1. The van der Waals surface area contributed by atoms with Crippen molar-refractivity contribution in [1.29, 1.82) is 0 Å². The Hall–Kier alpha value is -1.58. The van der Waals surface area contributed by atoms with Crippen LogP contribution in [-0.2, 0) is 0 Å². The Bertz CT molecular complexity index is 460. The van der Waals surface area contributed by atoms with Crippen molar-refractivity contribution in [2.45, 2.75) is 58.8 Å². The fraction of sp³-hybridized carbons (Fsp3) is 0.588. The molecule has 118 valence electrons. The molecule has 1 aromatic rings.